The Bertz CT molecular complexity index is 2950. The van der Waals surface area contributed by atoms with E-state index < -0.39 is 0 Å². The molecule has 0 fully saturated rings. The minimum atomic E-state index is -0.370. The van der Waals surface area contributed by atoms with Gasteiger partial charge in [-0.2, -0.15) is 0 Å². The van der Waals surface area contributed by atoms with E-state index in [1.165, 1.54) is 0 Å². The van der Waals surface area contributed by atoms with Crippen LogP contribution in [0, 0.1) is 0 Å². The van der Waals surface area contributed by atoms with E-state index in [2.05, 4.69) is 67.3 Å². The zero-order valence-corrected chi connectivity index (χ0v) is 28.3. The molecule has 0 saturated carbocycles. The predicted octanol–water partition coefficient (Wildman–Crippen LogP) is 11.2. The molecule has 2 heterocycles. The Morgan fingerprint density at radius 1 is 0.431 bits per heavy atom. The molecule has 9 rings (SSSR count). The van der Waals surface area contributed by atoms with Crippen LogP contribution in [0.25, 0.3) is 87.6 Å². The number of benzene rings is 7. The molecule has 0 N–H and O–H groups in total. The van der Waals surface area contributed by atoms with Gasteiger partial charge in [0.25, 0.3) is 0 Å². The summed E-state index contributed by atoms with van der Waals surface area (Å²) in [4.78, 5) is 29.4. The van der Waals surface area contributed by atoms with Gasteiger partial charge in [-0.3, -0.25) is 0 Å². The third-order valence-electron chi connectivity index (χ3n) is 10.2. The molecule has 5 nitrogen and oxygen atoms in total. The van der Waals surface area contributed by atoms with Crippen LogP contribution < -0.4 is 16.2 Å². The van der Waals surface area contributed by atoms with Gasteiger partial charge in [-0.15, -0.1) is 0 Å². The van der Waals surface area contributed by atoms with Gasteiger partial charge in [-0.05, 0) is 87.3 Å². The van der Waals surface area contributed by atoms with Gasteiger partial charge < -0.3 is 13.7 Å². The van der Waals surface area contributed by atoms with Crippen molar-refractivity contribution in [2.45, 2.75) is 13.8 Å². The molecular formula is C46H33NO4. The van der Waals surface area contributed by atoms with Gasteiger partial charge in [-0.25, -0.2) is 9.59 Å². The second kappa shape index (κ2) is 12.1. The van der Waals surface area contributed by atoms with Gasteiger partial charge in [0.2, 0.25) is 0 Å². The van der Waals surface area contributed by atoms with E-state index in [1.807, 2.05) is 91.0 Å². The van der Waals surface area contributed by atoms with Crippen LogP contribution in [0.1, 0.15) is 13.8 Å². The first-order chi connectivity index (χ1) is 25.0. The van der Waals surface area contributed by atoms with Crippen molar-refractivity contribution in [2.75, 3.05) is 18.0 Å². The zero-order valence-electron chi connectivity index (χ0n) is 28.3. The maximum atomic E-state index is 13.6. The minimum absolute atomic E-state index is 0.367. The van der Waals surface area contributed by atoms with Gasteiger partial charge in [0, 0.05) is 41.0 Å². The van der Waals surface area contributed by atoms with E-state index in [1.54, 1.807) is 0 Å². The normalized spacial score (nSPS) is 11.6. The summed E-state index contributed by atoms with van der Waals surface area (Å²) in [5.74, 6) is 0. The minimum Gasteiger partial charge on any atom is -0.422 e. The third-order valence-corrected chi connectivity index (χ3v) is 10.2. The van der Waals surface area contributed by atoms with Crippen molar-refractivity contribution >= 4 is 59.9 Å². The summed E-state index contributed by atoms with van der Waals surface area (Å²) < 4.78 is 12.0. The molecule has 0 aliphatic heterocycles. The largest absolute Gasteiger partial charge is 0.422 e. The Morgan fingerprint density at radius 3 is 1.49 bits per heavy atom. The molecule has 51 heavy (non-hydrogen) atoms. The molecule has 0 atom stereocenters. The van der Waals surface area contributed by atoms with Crippen molar-refractivity contribution in [3.05, 3.63) is 160 Å². The van der Waals surface area contributed by atoms with Crippen LogP contribution >= 0.6 is 0 Å². The van der Waals surface area contributed by atoms with Crippen molar-refractivity contribution in [1.29, 1.82) is 0 Å². The molecule has 5 heteroatoms. The lowest BCUT2D eigenvalue weighted by Gasteiger charge is -2.21. The fraction of sp³-hybridized carbons (Fsp3) is 0.0870. The molecule has 0 aliphatic carbocycles. The number of hydrogen-bond donors (Lipinski definition) is 0. The van der Waals surface area contributed by atoms with Gasteiger partial charge in [0.15, 0.2) is 0 Å². The van der Waals surface area contributed by atoms with E-state index in [0.29, 0.717) is 22.3 Å². The molecule has 246 valence electrons. The number of anilines is 1. The molecular weight excluding hydrogens is 631 g/mol. The van der Waals surface area contributed by atoms with E-state index in [9.17, 15) is 9.59 Å². The maximum absolute atomic E-state index is 13.6. The molecule has 0 amide bonds. The van der Waals surface area contributed by atoms with Crippen molar-refractivity contribution in [2.24, 2.45) is 0 Å². The van der Waals surface area contributed by atoms with Crippen LogP contribution in [0.3, 0.4) is 0 Å². The highest BCUT2D eigenvalue weighted by Gasteiger charge is 2.17. The second-order valence-electron chi connectivity index (χ2n) is 12.9. The van der Waals surface area contributed by atoms with Gasteiger partial charge in [-0.1, -0.05) is 109 Å². The van der Waals surface area contributed by atoms with Crippen LogP contribution in [0.4, 0.5) is 5.69 Å². The van der Waals surface area contributed by atoms with Gasteiger partial charge in [0.05, 0.1) is 11.1 Å². The van der Waals surface area contributed by atoms with Crippen LogP contribution in [-0.4, -0.2) is 13.1 Å². The summed E-state index contributed by atoms with van der Waals surface area (Å²) in [5, 5.41) is 7.63. The lowest BCUT2D eigenvalue weighted by Crippen LogP contribution is -2.21. The summed E-state index contributed by atoms with van der Waals surface area (Å²) in [6.07, 6.45) is 0. The lowest BCUT2D eigenvalue weighted by atomic mass is 9.89. The number of fused-ring (bicyclic) bond motifs is 6. The summed E-state index contributed by atoms with van der Waals surface area (Å²) >= 11 is 0. The summed E-state index contributed by atoms with van der Waals surface area (Å²) in [6.45, 7) is 5.97. The highest BCUT2D eigenvalue weighted by Crippen LogP contribution is 2.40. The zero-order chi connectivity index (χ0) is 34.6. The Hall–Kier alpha value is -6.46. The maximum Gasteiger partial charge on any atom is 0.344 e. The van der Waals surface area contributed by atoms with E-state index in [4.69, 9.17) is 8.83 Å². The summed E-state index contributed by atoms with van der Waals surface area (Å²) in [5.41, 5.74) is 6.21. The molecule has 0 radical (unpaired) electrons. The Kier molecular flexibility index (Phi) is 7.29. The molecule has 0 bridgehead atoms. The van der Waals surface area contributed by atoms with Crippen molar-refractivity contribution in [3.63, 3.8) is 0 Å². The fourth-order valence-corrected chi connectivity index (χ4v) is 7.67. The third kappa shape index (κ3) is 5.00. The smallest absolute Gasteiger partial charge is 0.344 e. The highest BCUT2D eigenvalue weighted by atomic mass is 16.4. The molecule has 7 aromatic carbocycles. The van der Waals surface area contributed by atoms with Crippen molar-refractivity contribution in [3.8, 4) is 33.4 Å². The van der Waals surface area contributed by atoms with Crippen LogP contribution in [0.5, 0.6) is 0 Å². The Morgan fingerprint density at radius 2 is 0.902 bits per heavy atom. The molecule has 0 saturated heterocycles. The standard InChI is InChI=1S/C46H33NO4/c1-3-47(4-2)31-24-23-29-25-41(45(48)50-43(29)27-31)39-19-9-15-35-33(13-7-17-37(35)39)34-14-8-18-38-36(34)16-10-20-40(38)42-26-30-22-21-28-11-5-6-12-32(28)44(30)51-46(42)49/h5-27H,3-4H2,1-2H3. The topological polar surface area (TPSA) is 63.7 Å². The molecule has 0 unspecified atom stereocenters. The predicted molar refractivity (Wildman–Crippen MR) is 211 cm³/mol. The monoisotopic (exact) mass is 663 g/mol. The first-order valence-corrected chi connectivity index (χ1v) is 17.4. The number of hydrogen-bond acceptors (Lipinski definition) is 5. The Balaban J connectivity index is 1.19. The summed E-state index contributed by atoms with van der Waals surface area (Å²) in [7, 11) is 0. The Labute approximate surface area is 293 Å². The van der Waals surface area contributed by atoms with E-state index in [-0.39, 0.29) is 11.3 Å². The summed E-state index contributed by atoms with van der Waals surface area (Å²) in [6, 6.07) is 46.5. The second-order valence-corrected chi connectivity index (χ2v) is 12.9. The average Bonchev–Trinajstić information content (AvgIpc) is 3.17. The van der Waals surface area contributed by atoms with Crippen LogP contribution in [-0.2, 0) is 0 Å². The number of nitrogens with zero attached hydrogens (tertiary/aromatic N) is 1. The average molecular weight is 664 g/mol. The van der Waals surface area contributed by atoms with E-state index in [0.717, 1.165) is 84.1 Å². The molecule has 9 aromatic rings. The van der Waals surface area contributed by atoms with Crippen molar-refractivity contribution < 1.29 is 8.83 Å². The quantitative estimate of drug-likeness (QED) is 0.131. The fourth-order valence-electron chi connectivity index (χ4n) is 7.67. The van der Waals surface area contributed by atoms with Gasteiger partial charge >= 0.3 is 11.3 Å². The lowest BCUT2D eigenvalue weighted by molar-refractivity contribution is 0.563. The van der Waals surface area contributed by atoms with Crippen LogP contribution in [0.2, 0.25) is 0 Å². The van der Waals surface area contributed by atoms with Crippen LogP contribution in [0.15, 0.2) is 158 Å². The molecule has 0 spiro atoms. The molecule has 0 aliphatic rings. The first-order valence-electron chi connectivity index (χ1n) is 17.4. The highest BCUT2D eigenvalue weighted by molar-refractivity contribution is 6.12. The van der Waals surface area contributed by atoms with E-state index >= 15 is 0 Å². The SMILES string of the molecule is CCN(CC)c1ccc2cc(-c3cccc4c(-c5cccc6c(-c7cc8ccc9ccccc9c8oc7=O)cccc56)cccc34)c(=O)oc2c1. The first kappa shape index (κ1) is 30.6. The molecule has 2 aromatic heterocycles. The number of rotatable bonds is 6. The van der Waals surface area contributed by atoms with Gasteiger partial charge in [0.1, 0.15) is 11.2 Å². The van der Waals surface area contributed by atoms with Crippen molar-refractivity contribution in [1.82, 2.24) is 0 Å².